The summed E-state index contributed by atoms with van der Waals surface area (Å²) in [5.74, 6) is 0.155. The van der Waals surface area contributed by atoms with Crippen molar-refractivity contribution < 1.29 is 9.90 Å². The molecule has 0 bridgehead atoms. The van der Waals surface area contributed by atoms with Crippen molar-refractivity contribution in [3.05, 3.63) is 35.4 Å². The monoisotopic (exact) mass is 316 g/mol. The number of likely N-dealkylation sites (tertiary alicyclic amines) is 1. The molecule has 3 unspecified atom stereocenters. The molecule has 0 radical (unpaired) electrons. The number of piperidine rings is 1. The molecule has 1 saturated heterocycles. The van der Waals surface area contributed by atoms with Crippen LogP contribution in [0.1, 0.15) is 50.7 Å². The van der Waals surface area contributed by atoms with Crippen molar-refractivity contribution in [2.24, 2.45) is 0 Å². The summed E-state index contributed by atoms with van der Waals surface area (Å²) in [4.78, 5) is 14.8. The number of hydrogen-bond acceptors (Lipinski definition) is 3. The van der Waals surface area contributed by atoms with Gasteiger partial charge < -0.3 is 10.0 Å². The number of carbonyl (C=O) groups is 1. The number of carbonyl (C=O) groups excluding carboxylic acids is 1. The van der Waals surface area contributed by atoms with E-state index in [1.807, 2.05) is 17.0 Å². The Labute approximate surface area is 138 Å². The fraction of sp³-hybridized carbons (Fsp3) is 0.632. The molecule has 126 valence electrons. The fourth-order valence-corrected chi connectivity index (χ4v) is 4.34. The van der Waals surface area contributed by atoms with E-state index < -0.39 is 5.54 Å². The molecule has 1 heterocycles. The van der Waals surface area contributed by atoms with Gasteiger partial charge in [0, 0.05) is 12.1 Å². The molecule has 1 aromatic rings. The van der Waals surface area contributed by atoms with Gasteiger partial charge in [-0.25, -0.2) is 0 Å². The Kier molecular flexibility index (Phi) is 4.74. The molecule has 23 heavy (non-hydrogen) atoms. The van der Waals surface area contributed by atoms with E-state index in [1.54, 1.807) is 0 Å². The van der Waals surface area contributed by atoms with Crippen molar-refractivity contribution in [1.82, 2.24) is 10.2 Å². The topological polar surface area (TPSA) is 52.6 Å². The predicted octanol–water partition coefficient (Wildman–Crippen LogP) is 2.20. The summed E-state index contributed by atoms with van der Waals surface area (Å²) in [5, 5.41) is 13.4. The minimum absolute atomic E-state index is 0.0302. The third-order valence-corrected chi connectivity index (χ3v) is 5.68. The normalized spacial score (nSPS) is 30.3. The summed E-state index contributed by atoms with van der Waals surface area (Å²) in [6, 6.07) is 8.86. The summed E-state index contributed by atoms with van der Waals surface area (Å²) in [7, 11) is 0. The van der Waals surface area contributed by atoms with Crippen LogP contribution in [0, 0.1) is 0 Å². The van der Waals surface area contributed by atoms with Gasteiger partial charge in [0.2, 0.25) is 5.91 Å². The first-order valence-corrected chi connectivity index (χ1v) is 8.83. The minimum atomic E-state index is -0.464. The van der Waals surface area contributed by atoms with E-state index in [0.717, 1.165) is 31.2 Å². The number of benzene rings is 1. The molecule has 1 amide bonds. The highest BCUT2D eigenvalue weighted by molar-refractivity contribution is 5.79. The molecule has 1 aliphatic carbocycles. The summed E-state index contributed by atoms with van der Waals surface area (Å²) in [6.07, 6.45) is 5.18. The molecule has 2 N–H and O–H groups in total. The second-order valence-corrected chi connectivity index (χ2v) is 7.18. The zero-order valence-electron chi connectivity index (χ0n) is 14.2. The van der Waals surface area contributed by atoms with E-state index in [1.165, 1.54) is 12.0 Å². The summed E-state index contributed by atoms with van der Waals surface area (Å²) >= 11 is 0. The number of aryl methyl sites for hydroxylation is 1. The Balaban J connectivity index is 1.71. The summed E-state index contributed by atoms with van der Waals surface area (Å²) in [6.45, 7) is 4.60. The van der Waals surface area contributed by atoms with Gasteiger partial charge >= 0.3 is 0 Å². The number of nitrogens with zero attached hydrogens (tertiary/aromatic N) is 1. The second kappa shape index (κ2) is 6.62. The van der Waals surface area contributed by atoms with Crippen molar-refractivity contribution >= 4 is 5.91 Å². The number of fused-ring (bicyclic) bond motifs is 1. The fourth-order valence-electron chi connectivity index (χ4n) is 4.34. The predicted molar refractivity (Wildman–Crippen MR) is 91.2 cm³/mol. The maximum atomic E-state index is 12.7. The van der Waals surface area contributed by atoms with Crippen molar-refractivity contribution in [2.45, 2.75) is 63.6 Å². The minimum Gasteiger partial charge on any atom is -0.394 e. The molecule has 0 spiro atoms. The van der Waals surface area contributed by atoms with Crippen LogP contribution in [0.15, 0.2) is 24.3 Å². The Hall–Kier alpha value is -1.39. The van der Waals surface area contributed by atoms with Gasteiger partial charge in [-0.05, 0) is 57.1 Å². The molecular formula is C19H28N2O2. The molecule has 1 aliphatic heterocycles. The van der Waals surface area contributed by atoms with Crippen LogP contribution in [-0.4, -0.2) is 41.1 Å². The molecule has 3 rings (SSSR count). The van der Waals surface area contributed by atoms with Crippen LogP contribution in [0.25, 0.3) is 0 Å². The highest BCUT2D eigenvalue weighted by atomic mass is 16.3. The van der Waals surface area contributed by atoms with Crippen LogP contribution < -0.4 is 5.32 Å². The number of hydrogen-bond donors (Lipinski definition) is 2. The van der Waals surface area contributed by atoms with Gasteiger partial charge in [0.25, 0.3) is 0 Å². The average molecular weight is 316 g/mol. The third-order valence-electron chi connectivity index (χ3n) is 5.68. The zero-order chi connectivity index (χ0) is 16.4. The summed E-state index contributed by atoms with van der Waals surface area (Å²) < 4.78 is 0. The quantitative estimate of drug-likeness (QED) is 0.895. The van der Waals surface area contributed by atoms with Gasteiger partial charge in [-0.1, -0.05) is 24.3 Å². The van der Waals surface area contributed by atoms with E-state index in [0.29, 0.717) is 18.6 Å². The second-order valence-electron chi connectivity index (χ2n) is 7.18. The highest BCUT2D eigenvalue weighted by Crippen LogP contribution is 2.36. The first-order chi connectivity index (χ1) is 11.1. The molecule has 4 heteroatoms. The molecule has 2 aliphatic rings. The standard InChI is InChI=1S/C19H28N2O2/c1-14-6-5-7-15(2)21(14)18(23)12-20-19(13-22)11-10-16-8-3-4-9-17(16)19/h3-4,8-9,14-15,20,22H,5-7,10-13H2,1-2H3. The number of rotatable bonds is 4. The van der Waals surface area contributed by atoms with Gasteiger partial charge in [0.15, 0.2) is 0 Å². The SMILES string of the molecule is CC1CCCC(C)N1C(=O)CNC1(CO)CCc2ccccc21. The summed E-state index contributed by atoms with van der Waals surface area (Å²) in [5.41, 5.74) is 1.96. The van der Waals surface area contributed by atoms with Crippen LogP contribution in [0.3, 0.4) is 0 Å². The van der Waals surface area contributed by atoms with Crippen molar-refractivity contribution in [1.29, 1.82) is 0 Å². The lowest BCUT2D eigenvalue weighted by atomic mass is 9.92. The number of aliphatic hydroxyl groups excluding tert-OH is 1. The lowest BCUT2D eigenvalue weighted by molar-refractivity contribution is -0.136. The number of amides is 1. The van der Waals surface area contributed by atoms with Gasteiger partial charge in [-0.3, -0.25) is 10.1 Å². The Morgan fingerprint density at radius 3 is 2.70 bits per heavy atom. The number of aliphatic hydroxyl groups is 1. The Morgan fingerprint density at radius 1 is 1.30 bits per heavy atom. The van der Waals surface area contributed by atoms with Crippen LogP contribution in [0.2, 0.25) is 0 Å². The van der Waals surface area contributed by atoms with Gasteiger partial charge in [-0.15, -0.1) is 0 Å². The van der Waals surface area contributed by atoms with Crippen molar-refractivity contribution in [3.63, 3.8) is 0 Å². The van der Waals surface area contributed by atoms with Crippen molar-refractivity contribution in [2.75, 3.05) is 13.2 Å². The zero-order valence-corrected chi connectivity index (χ0v) is 14.2. The van der Waals surface area contributed by atoms with Crippen LogP contribution >= 0.6 is 0 Å². The maximum Gasteiger partial charge on any atom is 0.237 e. The van der Waals surface area contributed by atoms with Gasteiger partial charge in [0.05, 0.1) is 18.7 Å². The molecule has 3 atom stereocenters. The molecule has 1 aromatic carbocycles. The number of nitrogens with one attached hydrogen (secondary N) is 1. The van der Waals surface area contributed by atoms with E-state index in [9.17, 15) is 9.90 Å². The van der Waals surface area contributed by atoms with Crippen LogP contribution in [0.4, 0.5) is 0 Å². The van der Waals surface area contributed by atoms with Gasteiger partial charge in [0.1, 0.15) is 0 Å². The Morgan fingerprint density at radius 2 is 2.00 bits per heavy atom. The van der Waals surface area contributed by atoms with E-state index in [4.69, 9.17) is 0 Å². The molecule has 4 nitrogen and oxygen atoms in total. The molecular weight excluding hydrogens is 288 g/mol. The lowest BCUT2D eigenvalue weighted by Gasteiger charge is -2.40. The van der Waals surface area contributed by atoms with E-state index in [2.05, 4.69) is 31.3 Å². The van der Waals surface area contributed by atoms with Crippen molar-refractivity contribution in [3.8, 4) is 0 Å². The van der Waals surface area contributed by atoms with E-state index in [-0.39, 0.29) is 12.5 Å². The molecule has 1 fully saturated rings. The van der Waals surface area contributed by atoms with Crippen LogP contribution in [0.5, 0.6) is 0 Å². The maximum absolute atomic E-state index is 12.7. The largest absolute Gasteiger partial charge is 0.394 e. The third kappa shape index (κ3) is 3.02. The highest BCUT2D eigenvalue weighted by Gasteiger charge is 2.39. The molecule has 0 saturated carbocycles. The van der Waals surface area contributed by atoms with E-state index >= 15 is 0 Å². The van der Waals surface area contributed by atoms with Crippen LogP contribution in [-0.2, 0) is 16.8 Å². The first kappa shape index (κ1) is 16.5. The molecule has 0 aromatic heterocycles. The average Bonchev–Trinajstić information content (AvgIpc) is 2.92. The Bertz CT molecular complexity index is 564. The lowest BCUT2D eigenvalue weighted by Crippen LogP contribution is -2.54. The first-order valence-electron chi connectivity index (χ1n) is 8.83. The smallest absolute Gasteiger partial charge is 0.237 e. The van der Waals surface area contributed by atoms with Gasteiger partial charge in [-0.2, -0.15) is 0 Å².